The first-order valence-electron chi connectivity index (χ1n) is 6.67. The Morgan fingerprint density at radius 2 is 2.11 bits per heavy atom. The summed E-state index contributed by atoms with van der Waals surface area (Å²) >= 11 is 0. The molecule has 2 rings (SSSR count). The Labute approximate surface area is 112 Å². The van der Waals surface area contributed by atoms with E-state index >= 15 is 0 Å². The Bertz CT molecular complexity index is 468. The van der Waals surface area contributed by atoms with Crippen molar-refractivity contribution in [2.24, 2.45) is 5.41 Å². The molecule has 0 atom stereocenters. The second-order valence-corrected chi connectivity index (χ2v) is 5.45. The van der Waals surface area contributed by atoms with Crippen LogP contribution in [0, 0.1) is 22.5 Å². The number of nitro benzene ring substituents is 1. The fourth-order valence-corrected chi connectivity index (χ4v) is 2.84. The van der Waals surface area contributed by atoms with Gasteiger partial charge in [0.25, 0.3) is 5.69 Å². The lowest BCUT2D eigenvalue weighted by atomic mass is 9.87. The maximum atomic E-state index is 11.1. The first-order chi connectivity index (χ1) is 9.08. The number of hydrogen-bond acceptors (Lipinski definition) is 4. The van der Waals surface area contributed by atoms with Gasteiger partial charge in [0.2, 0.25) is 0 Å². The van der Waals surface area contributed by atoms with Gasteiger partial charge in [0.15, 0.2) is 0 Å². The van der Waals surface area contributed by atoms with Crippen LogP contribution in [0.25, 0.3) is 0 Å². The number of nitro groups is 1. The number of nitrogens with one attached hydrogen (secondary N) is 1. The van der Waals surface area contributed by atoms with Crippen LogP contribution < -0.4 is 5.32 Å². The topological polar surface area (TPSA) is 75.4 Å². The number of para-hydroxylation sites is 1. The normalized spacial score (nSPS) is 17.4. The highest BCUT2D eigenvalue weighted by molar-refractivity contribution is 5.65. The molecule has 1 aliphatic rings. The summed E-state index contributed by atoms with van der Waals surface area (Å²) in [7, 11) is 0. The lowest BCUT2D eigenvalue weighted by Crippen LogP contribution is -2.30. The molecule has 0 saturated heterocycles. The Balaban J connectivity index is 2.15. The quantitative estimate of drug-likeness (QED) is 0.633. The minimum Gasteiger partial charge on any atom is -0.396 e. The number of benzene rings is 1. The van der Waals surface area contributed by atoms with Gasteiger partial charge in [-0.15, -0.1) is 0 Å². The van der Waals surface area contributed by atoms with Crippen molar-refractivity contribution in [2.75, 3.05) is 18.5 Å². The molecule has 0 radical (unpaired) electrons. The predicted octanol–water partition coefficient (Wildman–Crippen LogP) is 2.87. The Morgan fingerprint density at radius 3 is 2.68 bits per heavy atom. The average Bonchev–Trinajstić information content (AvgIpc) is 2.85. The number of aliphatic hydroxyl groups excluding tert-OH is 1. The van der Waals surface area contributed by atoms with Crippen molar-refractivity contribution in [3.05, 3.63) is 33.9 Å². The lowest BCUT2D eigenvalue weighted by Gasteiger charge is -2.27. The van der Waals surface area contributed by atoms with E-state index in [0.29, 0.717) is 17.8 Å². The fraction of sp³-hybridized carbons (Fsp3) is 0.571. The van der Waals surface area contributed by atoms with Crippen LogP contribution in [-0.2, 0) is 0 Å². The smallest absolute Gasteiger partial charge is 0.295 e. The first-order valence-corrected chi connectivity index (χ1v) is 6.67. The molecule has 1 fully saturated rings. The third kappa shape index (κ3) is 2.87. The van der Waals surface area contributed by atoms with Gasteiger partial charge in [-0.2, -0.15) is 0 Å². The van der Waals surface area contributed by atoms with E-state index in [1.54, 1.807) is 19.1 Å². The number of aryl methyl sites for hydroxylation is 1. The molecule has 5 heteroatoms. The molecule has 0 amide bonds. The van der Waals surface area contributed by atoms with E-state index in [4.69, 9.17) is 0 Å². The molecule has 1 saturated carbocycles. The summed E-state index contributed by atoms with van der Waals surface area (Å²) in [5, 5.41) is 23.8. The zero-order chi connectivity index (χ0) is 13.9. The third-order valence-corrected chi connectivity index (χ3v) is 4.07. The molecule has 2 N–H and O–H groups in total. The van der Waals surface area contributed by atoms with Crippen LogP contribution in [0.15, 0.2) is 18.2 Å². The predicted molar refractivity (Wildman–Crippen MR) is 74.3 cm³/mol. The summed E-state index contributed by atoms with van der Waals surface area (Å²) in [6.07, 6.45) is 4.21. The molecule has 0 aliphatic heterocycles. The van der Waals surface area contributed by atoms with E-state index in [2.05, 4.69) is 5.32 Å². The van der Waals surface area contributed by atoms with E-state index in [9.17, 15) is 15.2 Å². The van der Waals surface area contributed by atoms with Crippen LogP contribution >= 0.6 is 0 Å². The van der Waals surface area contributed by atoms with E-state index in [0.717, 1.165) is 25.7 Å². The van der Waals surface area contributed by atoms with E-state index in [1.165, 1.54) is 0 Å². The van der Waals surface area contributed by atoms with Crippen molar-refractivity contribution in [3.8, 4) is 0 Å². The number of anilines is 1. The van der Waals surface area contributed by atoms with Gasteiger partial charge < -0.3 is 10.4 Å². The summed E-state index contributed by atoms with van der Waals surface area (Å²) in [4.78, 5) is 10.8. The van der Waals surface area contributed by atoms with Crippen molar-refractivity contribution in [1.29, 1.82) is 0 Å². The Morgan fingerprint density at radius 1 is 1.42 bits per heavy atom. The van der Waals surface area contributed by atoms with Crippen LogP contribution in [0.5, 0.6) is 0 Å². The summed E-state index contributed by atoms with van der Waals surface area (Å²) in [5.74, 6) is 0. The van der Waals surface area contributed by atoms with Crippen LogP contribution in [0.3, 0.4) is 0 Å². The molecular formula is C14H20N2O3. The van der Waals surface area contributed by atoms with E-state index in [-0.39, 0.29) is 22.6 Å². The van der Waals surface area contributed by atoms with Crippen LogP contribution in [-0.4, -0.2) is 23.2 Å². The second kappa shape index (κ2) is 5.57. The highest BCUT2D eigenvalue weighted by atomic mass is 16.6. The van der Waals surface area contributed by atoms with Crippen molar-refractivity contribution < 1.29 is 10.0 Å². The minimum atomic E-state index is -0.349. The molecule has 1 aromatic carbocycles. The number of aliphatic hydroxyl groups is 1. The average molecular weight is 264 g/mol. The van der Waals surface area contributed by atoms with Gasteiger partial charge in [0.05, 0.1) is 11.5 Å². The molecule has 5 nitrogen and oxygen atoms in total. The van der Waals surface area contributed by atoms with E-state index < -0.39 is 0 Å². The van der Waals surface area contributed by atoms with E-state index in [1.807, 2.05) is 6.07 Å². The largest absolute Gasteiger partial charge is 0.396 e. The Kier molecular flexibility index (Phi) is 4.04. The summed E-state index contributed by atoms with van der Waals surface area (Å²) < 4.78 is 0. The SMILES string of the molecule is Cc1cccc(NCC2(CO)CCCC2)c1[N+](=O)[O-]. The Hall–Kier alpha value is -1.62. The van der Waals surface area contributed by atoms with Crippen LogP contribution in [0.2, 0.25) is 0 Å². The van der Waals surface area contributed by atoms with Gasteiger partial charge in [-0.1, -0.05) is 25.0 Å². The first kappa shape index (κ1) is 13.8. The van der Waals surface area contributed by atoms with Gasteiger partial charge in [0, 0.05) is 17.5 Å². The third-order valence-electron chi connectivity index (χ3n) is 4.07. The van der Waals surface area contributed by atoms with Crippen molar-refractivity contribution in [3.63, 3.8) is 0 Å². The molecule has 0 unspecified atom stereocenters. The van der Waals surface area contributed by atoms with Gasteiger partial charge in [-0.25, -0.2) is 0 Å². The standard InChI is InChI=1S/C14H20N2O3/c1-11-5-4-6-12(13(11)16(18)19)15-9-14(10-17)7-2-3-8-14/h4-6,15,17H,2-3,7-10H2,1H3. The van der Waals surface area contributed by atoms with Crippen molar-refractivity contribution in [1.82, 2.24) is 0 Å². The number of rotatable bonds is 5. The van der Waals surface area contributed by atoms with Crippen LogP contribution in [0.4, 0.5) is 11.4 Å². The molecular weight excluding hydrogens is 244 g/mol. The zero-order valence-electron chi connectivity index (χ0n) is 11.2. The van der Waals surface area contributed by atoms with Crippen molar-refractivity contribution >= 4 is 11.4 Å². The molecule has 0 bridgehead atoms. The summed E-state index contributed by atoms with van der Waals surface area (Å²) in [5.41, 5.74) is 1.22. The molecule has 1 aliphatic carbocycles. The summed E-state index contributed by atoms with van der Waals surface area (Å²) in [6.45, 7) is 2.47. The van der Waals surface area contributed by atoms with Gasteiger partial charge in [-0.05, 0) is 25.8 Å². The highest BCUT2D eigenvalue weighted by Crippen LogP contribution is 2.38. The van der Waals surface area contributed by atoms with Gasteiger partial charge in [0.1, 0.15) is 5.69 Å². The van der Waals surface area contributed by atoms with Crippen LogP contribution in [0.1, 0.15) is 31.2 Å². The van der Waals surface area contributed by atoms with Gasteiger partial charge >= 0.3 is 0 Å². The molecule has 19 heavy (non-hydrogen) atoms. The minimum absolute atomic E-state index is 0.113. The molecule has 0 spiro atoms. The fourth-order valence-electron chi connectivity index (χ4n) is 2.84. The maximum Gasteiger partial charge on any atom is 0.295 e. The number of hydrogen-bond donors (Lipinski definition) is 2. The monoisotopic (exact) mass is 264 g/mol. The molecule has 0 heterocycles. The zero-order valence-corrected chi connectivity index (χ0v) is 11.2. The molecule has 104 valence electrons. The second-order valence-electron chi connectivity index (χ2n) is 5.45. The maximum absolute atomic E-state index is 11.1. The van der Waals surface area contributed by atoms with Crippen molar-refractivity contribution in [2.45, 2.75) is 32.6 Å². The highest BCUT2D eigenvalue weighted by Gasteiger charge is 2.33. The number of nitrogens with zero attached hydrogens (tertiary/aromatic N) is 1. The molecule has 1 aromatic rings. The summed E-state index contributed by atoms with van der Waals surface area (Å²) in [6, 6.07) is 5.27. The van der Waals surface area contributed by atoms with Gasteiger partial charge in [-0.3, -0.25) is 10.1 Å². The lowest BCUT2D eigenvalue weighted by molar-refractivity contribution is -0.384. The molecule has 0 aromatic heterocycles.